The fraction of sp³-hybridized carbons (Fsp3) is 0.261. The van der Waals surface area contributed by atoms with Crippen LogP contribution in [0.2, 0.25) is 0 Å². The normalized spacial score (nSPS) is 14.2. The summed E-state index contributed by atoms with van der Waals surface area (Å²) in [6, 6.07) is 13.1. The van der Waals surface area contributed by atoms with Crippen LogP contribution in [-0.4, -0.2) is 6.21 Å². The highest BCUT2D eigenvalue weighted by Crippen LogP contribution is 2.29. The second-order valence-corrected chi connectivity index (χ2v) is 6.74. The van der Waals surface area contributed by atoms with E-state index in [2.05, 4.69) is 82.5 Å². The summed E-state index contributed by atoms with van der Waals surface area (Å²) in [4.78, 5) is 4.77. The quantitative estimate of drug-likeness (QED) is 0.588. The fourth-order valence-electron chi connectivity index (χ4n) is 3.47. The lowest BCUT2D eigenvalue weighted by atomic mass is 9.97. The largest absolute Gasteiger partial charge is 0.260 e. The number of hydrogen-bond acceptors (Lipinski definition) is 1. The highest BCUT2D eigenvalue weighted by Gasteiger charge is 2.10. The van der Waals surface area contributed by atoms with E-state index in [1.54, 1.807) is 0 Å². The Balaban J connectivity index is 1.82. The minimum atomic E-state index is 0.860. The zero-order valence-electron chi connectivity index (χ0n) is 15.1. The van der Waals surface area contributed by atoms with Gasteiger partial charge in [0.25, 0.3) is 0 Å². The summed E-state index contributed by atoms with van der Waals surface area (Å²) in [5.74, 6) is 0. The number of hydrogen-bond donors (Lipinski definition) is 0. The first-order valence-electron chi connectivity index (χ1n) is 8.60. The molecular formula is C23H25N. The number of aliphatic imine (C=N–C) groups is 1. The van der Waals surface area contributed by atoms with E-state index >= 15 is 0 Å². The molecule has 0 heterocycles. The van der Waals surface area contributed by atoms with Crippen LogP contribution in [0.3, 0.4) is 0 Å². The maximum absolute atomic E-state index is 4.77. The molecule has 0 amide bonds. The number of allylic oxidation sites excluding steroid dienone is 4. The van der Waals surface area contributed by atoms with E-state index < -0.39 is 0 Å². The van der Waals surface area contributed by atoms with Gasteiger partial charge in [-0.2, -0.15) is 0 Å². The molecule has 0 aliphatic heterocycles. The Bertz CT molecular complexity index is 827. The van der Waals surface area contributed by atoms with Gasteiger partial charge in [0.05, 0.1) is 5.69 Å². The first-order chi connectivity index (χ1) is 11.5. The summed E-state index contributed by atoms with van der Waals surface area (Å²) in [5.41, 5.74) is 10.4. The Morgan fingerprint density at radius 3 is 2.38 bits per heavy atom. The minimum absolute atomic E-state index is 0.860. The molecule has 1 aliphatic carbocycles. The van der Waals surface area contributed by atoms with Crippen molar-refractivity contribution in [3.63, 3.8) is 0 Å². The van der Waals surface area contributed by atoms with Crippen LogP contribution in [0.1, 0.15) is 41.2 Å². The van der Waals surface area contributed by atoms with Crippen molar-refractivity contribution in [3.8, 4) is 0 Å². The topological polar surface area (TPSA) is 12.4 Å². The van der Waals surface area contributed by atoms with Crippen molar-refractivity contribution < 1.29 is 0 Å². The Kier molecular flexibility index (Phi) is 4.80. The average molecular weight is 315 g/mol. The first-order valence-corrected chi connectivity index (χ1v) is 8.60. The third-order valence-electron chi connectivity index (χ3n) is 4.58. The van der Waals surface area contributed by atoms with Gasteiger partial charge in [0.15, 0.2) is 0 Å². The second kappa shape index (κ2) is 7.00. The van der Waals surface area contributed by atoms with Gasteiger partial charge in [0.2, 0.25) is 0 Å². The van der Waals surface area contributed by atoms with Gasteiger partial charge in [0.1, 0.15) is 0 Å². The smallest absolute Gasteiger partial charge is 0.0684 e. The molecule has 122 valence electrons. The predicted octanol–water partition coefficient (Wildman–Crippen LogP) is 6.29. The molecule has 0 aromatic heterocycles. The van der Waals surface area contributed by atoms with Gasteiger partial charge in [0, 0.05) is 12.6 Å². The van der Waals surface area contributed by atoms with Crippen LogP contribution < -0.4 is 0 Å². The van der Waals surface area contributed by atoms with Crippen LogP contribution in [0.5, 0.6) is 0 Å². The molecule has 3 rings (SSSR count). The fourth-order valence-corrected chi connectivity index (χ4v) is 3.47. The highest BCUT2D eigenvalue weighted by molar-refractivity contribution is 5.77. The monoisotopic (exact) mass is 315 g/mol. The van der Waals surface area contributed by atoms with Gasteiger partial charge < -0.3 is 0 Å². The zero-order chi connectivity index (χ0) is 17.1. The van der Waals surface area contributed by atoms with Crippen molar-refractivity contribution in [2.45, 2.75) is 40.5 Å². The van der Waals surface area contributed by atoms with Crippen LogP contribution in [0, 0.1) is 20.8 Å². The number of nitrogens with zero attached hydrogens (tertiary/aromatic N) is 1. The Morgan fingerprint density at radius 2 is 1.71 bits per heavy atom. The number of benzene rings is 2. The Hall–Kier alpha value is -2.41. The van der Waals surface area contributed by atoms with Gasteiger partial charge >= 0.3 is 0 Å². The Morgan fingerprint density at radius 1 is 1.00 bits per heavy atom. The molecule has 1 heteroatoms. The molecule has 0 fully saturated rings. The van der Waals surface area contributed by atoms with Crippen LogP contribution in [0.25, 0.3) is 5.57 Å². The lowest BCUT2D eigenvalue weighted by Crippen LogP contribution is -1.94. The van der Waals surface area contributed by atoms with E-state index in [0.29, 0.717) is 0 Å². The van der Waals surface area contributed by atoms with Gasteiger partial charge in [-0.05, 0) is 61.9 Å². The van der Waals surface area contributed by atoms with E-state index in [4.69, 9.17) is 4.99 Å². The SMILES string of the molecule is CC1=CCC(c2ccccc2CC=Nc2c(C)cc(C)cc2C)=C1. The standard InChI is InChI=1S/C23H25N/c1-16-9-10-21(15-16)22-8-6-5-7-20(22)11-12-24-23-18(3)13-17(2)14-19(23)4/h5-9,12-15H,10-11H2,1-4H3. The van der Waals surface area contributed by atoms with E-state index in [0.717, 1.165) is 18.5 Å². The summed E-state index contributed by atoms with van der Waals surface area (Å²) in [5, 5.41) is 0. The molecule has 0 unspecified atom stereocenters. The molecule has 2 aromatic rings. The lowest BCUT2D eigenvalue weighted by Gasteiger charge is -2.09. The molecule has 0 radical (unpaired) electrons. The molecule has 0 N–H and O–H groups in total. The van der Waals surface area contributed by atoms with Crippen molar-refractivity contribution in [1.29, 1.82) is 0 Å². The molecule has 0 saturated heterocycles. The van der Waals surface area contributed by atoms with Gasteiger partial charge in [-0.3, -0.25) is 4.99 Å². The van der Waals surface area contributed by atoms with Crippen LogP contribution in [-0.2, 0) is 6.42 Å². The van der Waals surface area contributed by atoms with E-state index in [9.17, 15) is 0 Å². The summed E-state index contributed by atoms with van der Waals surface area (Å²) in [6.45, 7) is 8.58. The Labute approximate surface area is 145 Å². The number of aryl methyl sites for hydroxylation is 3. The van der Waals surface area contributed by atoms with Crippen LogP contribution in [0.4, 0.5) is 5.69 Å². The zero-order valence-corrected chi connectivity index (χ0v) is 15.1. The third-order valence-corrected chi connectivity index (χ3v) is 4.58. The lowest BCUT2D eigenvalue weighted by molar-refractivity contribution is 1.26. The van der Waals surface area contributed by atoms with E-state index in [-0.39, 0.29) is 0 Å². The van der Waals surface area contributed by atoms with Gasteiger partial charge in [-0.15, -0.1) is 0 Å². The van der Waals surface area contributed by atoms with Crippen LogP contribution in [0.15, 0.2) is 59.1 Å². The van der Waals surface area contributed by atoms with E-state index in [1.165, 1.54) is 39.0 Å². The maximum Gasteiger partial charge on any atom is 0.0684 e. The minimum Gasteiger partial charge on any atom is -0.260 e. The third kappa shape index (κ3) is 3.56. The molecule has 0 saturated carbocycles. The number of rotatable bonds is 4. The maximum atomic E-state index is 4.77. The van der Waals surface area contributed by atoms with Gasteiger partial charge in [-0.25, -0.2) is 0 Å². The molecule has 1 aliphatic rings. The summed E-state index contributed by atoms with van der Waals surface area (Å²) < 4.78 is 0. The molecule has 0 atom stereocenters. The summed E-state index contributed by atoms with van der Waals surface area (Å²) >= 11 is 0. The molecule has 0 spiro atoms. The average Bonchev–Trinajstić information content (AvgIpc) is 2.96. The summed E-state index contributed by atoms with van der Waals surface area (Å²) in [7, 11) is 0. The molecular weight excluding hydrogens is 290 g/mol. The van der Waals surface area contributed by atoms with E-state index in [1.807, 2.05) is 0 Å². The van der Waals surface area contributed by atoms with Crippen molar-refractivity contribution in [2.75, 3.05) is 0 Å². The van der Waals surface area contributed by atoms with Crippen molar-refractivity contribution >= 4 is 17.5 Å². The molecule has 24 heavy (non-hydrogen) atoms. The molecule has 1 nitrogen and oxygen atoms in total. The second-order valence-electron chi connectivity index (χ2n) is 6.74. The van der Waals surface area contributed by atoms with Gasteiger partial charge in [-0.1, -0.05) is 59.7 Å². The van der Waals surface area contributed by atoms with Crippen molar-refractivity contribution in [1.82, 2.24) is 0 Å². The predicted molar refractivity (Wildman–Crippen MR) is 105 cm³/mol. The summed E-state index contributed by atoms with van der Waals surface area (Å²) in [6.07, 6.45) is 8.54. The molecule has 0 bridgehead atoms. The first kappa shape index (κ1) is 16.4. The highest BCUT2D eigenvalue weighted by atomic mass is 14.7. The molecule has 2 aromatic carbocycles. The van der Waals surface area contributed by atoms with Crippen molar-refractivity contribution in [2.24, 2.45) is 4.99 Å². The van der Waals surface area contributed by atoms with Crippen molar-refractivity contribution in [3.05, 3.63) is 81.9 Å². The van der Waals surface area contributed by atoms with Crippen LogP contribution >= 0.6 is 0 Å².